The molecular formula is C20H21NO4. The molecule has 1 N–H and O–H groups in total. The van der Waals surface area contributed by atoms with E-state index in [9.17, 15) is 9.59 Å². The maximum atomic E-state index is 12.5. The van der Waals surface area contributed by atoms with Gasteiger partial charge in [0.2, 0.25) is 0 Å². The molecule has 1 aliphatic heterocycles. The summed E-state index contributed by atoms with van der Waals surface area (Å²) < 4.78 is 5.72. The minimum absolute atomic E-state index is 0.0570. The number of piperidine rings is 1. The van der Waals surface area contributed by atoms with Gasteiger partial charge in [-0.1, -0.05) is 30.3 Å². The number of aliphatic carboxylic acids is 1. The Kier molecular flexibility index (Phi) is 5.33. The Labute approximate surface area is 146 Å². The van der Waals surface area contributed by atoms with Gasteiger partial charge in [-0.25, -0.2) is 0 Å². The topological polar surface area (TPSA) is 66.8 Å². The fraction of sp³-hybridized carbons (Fsp3) is 0.300. The van der Waals surface area contributed by atoms with E-state index in [4.69, 9.17) is 9.84 Å². The van der Waals surface area contributed by atoms with Gasteiger partial charge in [0.15, 0.2) is 0 Å². The van der Waals surface area contributed by atoms with Crippen LogP contribution in [0.3, 0.4) is 0 Å². The van der Waals surface area contributed by atoms with Crippen molar-refractivity contribution in [3.63, 3.8) is 0 Å². The van der Waals surface area contributed by atoms with E-state index in [0.29, 0.717) is 43.9 Å². The van der Waals surface area contributed by atoms with Gasteiger partial charge in [-0.3, -0.25) is 9.59 Å². The molecule has 0 radical (unpaired) electrons. The molecule has 5 nitrogen and oxygen atoms in total. The number of carbonyl (C=O) groups is 2. The van der Waals surface area contributed by atoms with Crippen LogP contribution in [-0.4, -0.2) is 35.0 Å². The first-order chi connectivity index (χ1) is 12.1. The Morgan fingerprint density at radius 1 is 1.00 bits per heavy atom. The lowest BCUT2D eigenvalue weighted by molar-refractivity contribution is -0.143. The summed E-state index contributed by atoms with van der Waals surface area (Å²) in [5.41, 5.74) is 1.68. The van der Waals surface area contributed by atoms with E-state index < -0.39 is 5.97 Å². The van der Waals surface area contributed by atoms with E-state index in [1.807, 2.05) is 30.3 Å². The standard InChI is InChI=1S/C20H21NO4/c22-19(21-12-10-17(11-13-21)20(23)24)16-6-8-18(9-7-16)25-14-15-4-2-1-3-5-15/h1-9,17H,10-14H2,(H,23,24). The van der Waals surface area contributed by atoms with E-state index in [1.54, 1.807) is 29.2 Å². The van der Waals surface area contributed by atoms with Gasteiger partial charge in [0.1, 0.15) is 12.4 Å². The van der Waals surface area contributed by atoms with E-state index in [-0.39, 0.29) is 11.8 Å². The fourth-order valence-corrected chi connectivity index (χ4v) is 2.95. The fourth-order valence-electron chi connectivity index (χ4n) is 2.95. The minimum atomic E-state index is -0.771. The number of nitrogens with zero attached hydrogens (tertiary/aromatic N) is 1. The number of ether oxygens (including phenoxy) is 1. The van der Waals surface area contributed by atoms with Crippen molar-refractivity contribution in [1.29, 1.82) is 0 Å². The van der Waals surface area contributed by atoms with Gasteiger partial charge in [-0.05, 0) is 42.7 Å². The highest BCUT2D eigenvalue weighted by atomic mass is 16.5. The summed E-state index contributed by atoms with van der Waals surface area (Å²) in [4.78, 5) is 25.2. The van der Waals surface area contributed by atoms with Crippen LogP contribution in [0.15, 0.2) is 54.6 Å². The van der Waals surface area contributed by atoms with Crippen LogP contribution in [0, 0.1) is 5.92 Å². The summed E-state index contributed by atoms with van der Waals surface area (Å²) in [5.74, 6) is -0.451. The maximum Gasteiger partial charge on any atom is 0.306 e. The molecule has 0 unspecified atom stereocenters. The minimum Gasteiger partial charge on any atom is -0.489 e. The zero-order valence-corrected chi connectivity index (χ0v) is 13.9. The summed E-state index contributed by atoms with van der Waals surface area (Å²) in [6.07, 6.45) is 1.03. The van der Waals surface area contributed by atoms with Gasteiger partial charge >= 0.3 is 5.97 Å². The molecule has 0 aromatic heterocycles. The van der Waals surface area contributed by atoms with Crippen LogP contribution in [0.25, 0.3) is 0 Å². The van der Waals surface area contributed by atoms with E-state index >= 15 is 0 Å². The molecule has 3 rings (SSSR count). The van der Waals surface area contributed by atoms with E-state index in [1.165, 1.54) is 0 Å². The third kappa shape index (κ3) is 4.38. The first kappa shape index (κ1) is 17.0. The number of likely N-dealkylation sites (tertiary alicyclic amines) is 1. The van der Waals surface area contributed by atoms with Crippen molar-refractivity contribution < 1.29 is 19.4 Å². The predicted molar refractivity (Wildman–Crippen MR) is 93.5 cm³/mol. The van der Waals surface area contributed by atoms with Gasteiger partial charge in [-0.15, -0.1) is 0 Å². The van der Waals surface area contributed by atoms with Crippen LogP contribution in [0.1, 0.15) is 28.8 Å². The molecule has 0 saturated carbocycles. The average molecular weight is 339 g/mol. The van der Waals surface area contributed by atoms with Crippen LogP contribution in [0.4, 0.5) is 0 Å². The summed E-state index contributed by atoms with van der Waals surface area (Å²) in [6, 6.07) is 17.0. The number of amides is 1. The van der Waals surface area contributed by atoms with Gasteiger partial charge in [0, 0.05) is 18.7 Å². The first-order valence-corrected chi connectivity index (χ1v) is 8.42. The quantitative estimate of drug-likeness (QED) is 0.908. The third-order valence-electron chi connectivity index (χ3n) is 4.48. The lowest BCUT2D eigenvalue weighted by atomic mass is 9.96. The monoisotopic (exact) mass is 339 g/mol. The highest BCUT2D eigenvalue weighted by Gasteiger charge is 2.27. The molecule has 1 heterocycles. The van der Waals surface area contributed by atoms with Crippen molar-refractivity contribution in [2.75, 3.05) is 13.1 Å². The molecular weight excluding hydrogens is 318 g/mol. The number of rotatable bonds is 5. The molecule has 0 bridgehead atoms. The van der Waals surface area contributed by atoms with Crippen LogP contribution in [0.2, 0.25) is 0 Å². The highest BCUT2D eigenvalue weighted by molar-refractivity contribution is 5.94. The largest absolute Gasteiger partial charge is 0.489 e. The van der Waals surface area contributed by atoms with Gasteiger partial charge < -0.3 is 14.7 Å². The summed E-state index contributed by atoms with van der Waals surface area (Å²) in [5, 5.41) is 9.03. The molecule has 1 saturated heterocycles. The molecule has 1 fully saturated rings. The average Bonchev–Trinajstić information content (AvgIpc) is 2.67. The zero-order chi connectivity index (χ0) is 17.6. The number of carbonyl (C=O) groups excluding carboxylic acids is 1. The number of hydrogen-bond acceptors (Lipinski definition) is 3. The second kappa shape index (κ2) is 7.83. The number of benzene rings is 2. The predicted octanol–water partition coefficient (Wildman–Crippen LogP) is 3.20. The van der Waals surface area contributed by atoms with Gasteiger partial charge in [0.05, 0.1) is 5.92 Å². The molecule has 2 aromatic rings. The smallest absolute Gasteiger partial charge is 0.306 e. The van der Waals surface area contributed by atoms with Crippen LogP contribution in [0.5, 0.6) is 5.75 Å². The van der Waals surface area contributed by atoms with E-state index in [0.717, 1.165) is 5.56 Å². The van der Waals surface area contributed by atoms with Gasteiger partial charge in [0.25, 0.3) is 5.91 Å². The van der Waals surface area contributed by atoms with Crippen molar-refractivity contribution in [3.05, 3.63) is 65.7 Å². The van der Waals surface area contributed by atoms with Crippen molar-refractivity contribution in [1.82, 2.24) is 4.90 Å². The van der Waals surface area contributed by atoms with Gasteiger partial charge in [-0.2, -0.15) is 0 Å². The summed E-state index contributed by atoms with van der Waals surface area (Å²) >= 11 is 0. The number of carboxylic acids is 1. The van der Waals surface area contributed by atoms with Crippen molar-refractivity contribution in [3.8, 4) is 5.75 Å². The van der Waals surface area contributed by atoms with Crippen LogP contribution < -0.4 is 4.74 Å². The van der Waals surface area contributed by atoms with Crippen LogP contribution in [-0.2, 0) is 11.4 Å². The molecule has 1 aliphatic rings. The Bertz CT molecular complexity index is 719. The first-order valence-electron chi connectivity index (χ1n) is 8.42. The third-order valence-corrected chi connectivity index (χ3v) is 4.48. The Balaban J connectivity index is 1.55. The second-order valence-corrected chi connectivity index (χ2v) is 6.20. The highest BCUT2D eigenvalue weighted by Crippen LogP contribution is 2.20. The second-order valence-electron chi connectivity index (χ2n) is 6.20. The maximum absolute atomic E-state index is 12.5. The molecule has 0 spiro atoms. The summed E-state index contributed by atoms with van der Waals surface area (Å²) in [6.45, 7) is 1.46. The summed E-state index contributed by atoms with van der Waals surface area (Å²) in [7, 11) is 0. The molecule has 5 heteroatoms. The molecule has 0 atom stereocenters. The van der Waals surface area contributed by atoms with Crippen molar-refractivity contribution in [2.45, 2.75) is 19.4 Å². The Morgan fingerprint density at radius 3 is 2.24 bits per heavy atom. The lowest BCUT2D eigenvalue weighted by Gasteiger charge is -2.30. The Morgan fingerprint density at radius 2 is 1.64 bits per heavy atom. The number of hydrogen-bond donors (Lipinski definition) is 1. The van der Waals surface area contributed by atoms with Crippen LogP contribution >= 0.6 is 0 Å². The molecule has 2 aromatic carbocycles. The Hall–Kier alpha value is -2.82. The van der Waals surface area contributed by atoms with E-state index in [2.05, 4.69) is 0 Å². The molecule has 25 heavy (non-hydrogen) atoms. The zero-order valence-electron chi connectivity index (χ0n) is 13.9. The molecule has 0 aliphatic carbocycles. The van der Waals surface area contributed by atoms with Crippen molar-refractivity contribution >= 4 is 11.9 Å². The SMILES string of the molecule is O=C(O)C1CCN(C(=O)c2ccc(OCc3ccccc3)cc2)CC1. The molecule has 1 amide bonds. The van der Waals surface area contributed by atoms with Crippen molar-refractivity contribution in [2.24, 2.45) is 5.92 Å². The lowest BCUT2D eigenvalue weighted by Crippen LogP contribution is -2.40. The molecule has 130 valence electrons. The number of carboxylic acid groups (broad SMARTS) is 1. The normalized spacial score (nSPS) is 15.0.